The predicted molar refractivity (Wildman–Crippen MR) is 91.2 cm³/mol. The molecule has 2 aliphatic heterocycles. The summed E-state index contributed by atoms with van der Waals surface area (Å²) in [6.45, 7) is 0.976. The van der Waals surface area contributed by atoms with Gasteiger partial charge in [-0.15, -0.1) is 11.3 Å². The number of likely N-dealkylation sites (N-methyl/N-ethyl adjacent to an activating group) is 2. The van der Waals surface area contributed by atoms with Gasteiger partial charge in [0.25, 0.3) is 11.8 Å². The van der Waals surface area contributed by atoms with Crippen LogP contribution in [0.1, 0.15) is 26.5 Å². The third kappa shape index (κ3) is 2.99. The second-order valence-electron chi connectivity index (χ2n) is 6.21. The Kier molecular flexibility index (Phi) is 4.51. The fraction of sp³-hybridized carbons (Fsp3) is 0.500. The second kappa shape index (κ2) is 6.47. The summed E-state index contributed by atoms with van der Waals surface area (Å²) in [6.07, 6.45) is 0.670. The Labute approximate surface area is 149 Å². The van der Waals surface area contributed by atoms with Crippen LogP contribution in [0.5, 0.6) is 0 Å². The molecule has 5 amide bonds. The van der Waals surface area contributed by atoms with Gasteiger partial charge in [0, 0.05) is 39.1 Å². The van der Waals surface area contributed by atoms with Crippen LogP contribution < -0.4 is 5.32 Å². The minimum atomic E-state index is -0.740. The third-order valence-electron chi connectivity index (χ3n) is 4.71. The van der Waals surface area contributed by atoms with E-state index in [-0.39, 0.29) is 24.1 Å². The molecule has 1 fully saturated rings. The Bertz CT molecular complexity index is 759. The molecule has 0 bridgehead atoms. The topological polar surface area (TPSA) is 90.0 Å². The van der Waals surface area contributed by atoms with Gasteiger partial charge in [0.1, 0.15) is 6.04 Å². The number of hydrogen-bond donors (Lipinski definition) is 1. The van der Waals surface area contributed by atoms with Crippen molar-refractivity contribution in [3.8, 4) is 0 Å². The van der Waals surface area contributed by atoms with Crippen LogP contribution in [0, 0.1) is 0 Å². The lowest BCUT2D eigenvalue weighted by atomic mass is 10.1. The molecule has 1 atom stereocenters. The average Bonchev–Trinajstić information content (AvgIpc) is 3.12. The van der Waals surface area contributed by atoms with Crippen molar-refractivity contribution in [2.24, 2.45) is 0 Å². The minimum Gasteiger partial charge on any atom is -0.354 e. The van der Waals surface area contributed by atoms with Crippen LogP contribution >= 0.6 is 11.3 Å². The SMILES string of the molecule is CNC(=O)c1cc2c(s1)CCN(C(=O)C[C@H]1C(=O)N(C)C(=O)N1C)C2. The minimum absolute atomic E-state index is 0.0206. The fourth-order valence-corrected chi connectivity index (χ4v) is 4.26. The van der Waals surface area contributed by atoms with Crippen LogP contribution in [0.15, 0.2) is 6.07 Å². The molecule has 2 aliphatic rings. The summed E-state index contributed by atoms with van der Waals surface area (Å²) in [4.78, 5) is 54.1. The molecule has 1 aromatic heterocycles. The highest BCUT2D eigenvalue weighted by molar-refractivity contribution is 7.14. The first-order chi connectivity index (χ1) is 11.8. The number of carbonyl (C=O) groups excluding carboxylic acids is 4. The Morgan fingerprint density at radius 2 is 2.04 bits per heavy atom. The number of carbonyl (C=O) groups is 4. The number of imide groups is 1. The highest BCUT2D eigenvalue weighted by Crippen LogP contribution is 2.29. The van der Waals surface area contributed by atoms with Gasteiger partial charge in [0.15, 0.2) is 0 Å². The number of hydrogen-bond acceptors (Lipinski definition) is 5. The van der Waals surface area contributed by atoms with Crippen LogP contribution in [0.4, 0.5) is 4.79 Å². The van der Waals surface area contributed by atoms with E-state index in [1.54, 1.807) is 11.9 Å². The molecule has 0 aliphatic carbocycles. The van der Waals surface area contributed by atoms with E-state index >= 15 is 0 Å². The highest BCUT2D eigenvalue weighted by Gasteiger charge is 2.42. The van der Waals surface area contributed by atoms with Crippen molar-refractivity contribution in [3.05, 3.63) is 21.4 Å². The Morgan fingerprint density at radius 1 is 1.32 bits per heavy atom. The van der Waals surface area contributed by atoms with Crippen molar-refractivity contribution in [1.82, 2.24) is 20.0 Å². The summed E-state index contributed by atoms with van der Waals surface area (Å²) in [6, 6.07) is 0.690. The fourth-order valence-electron chi connectivity index (χ4n) is 3.15. The number of nitrogens with one attached hydrogen (secondary N) is 1. The molecule has 8 nitrogen and oxygen atoms in total. The van der Waals surface area contributed by atoms with Crippen LogP contribution in [-0.4, -0.2) is 72.2 Å². The van der Waals surface area contributed by atoms with Gasteiger partial charge in [-0.25, -0.2) is 4.79 Å². The first kappa shape index (κ1) is 17.4. The molecule has 9 heteroatoms. The molecular weight excluding hydrogens is 344 g/mol. The average molecular weight is 364 g/mol. The van der Waals surface area contributed by atoms with Gasteiger partial charge in [0.05, 0.1) is 11.3 Å². The van der Waals surface area contributed by atoms with E-state index < -0.39 is 12.1 Å². The maximum atomic E-state index is 12.6. The van der Waals surface area contributed by atoms with E-state index in [9.17, 15) is 19.2 Å². The summed E-state index contributed by atoms with van der Waals surface area (Å²) in [5.41, 5.74) is 0.975. The van der Waals surface area contributed by atoms with Gasteiger partial charge >= 0.3 is 6.03 Å². The summed E-state index contributed by atoms with van der Waals surface area (Å²) >= 11 is 1.45. The van der Waals surface area contributed by atoms with E-state index in [4.69, 9.17) is 0 Å². The first-order valence-corrected chi connectivity index (χ1v) is 8.81. The van der Waals surface area contributed by atoms with Crippen molar-refractivity contribution in [1.29, 1.82) is 0 Å². The summed E-state index contributed by atoms with van der Waals surface area (Å²) in [5, 5.41) is 2.60. The Hall–Kier alpha value is -2.42. The Balaban J connectivity index is 1.69. The molecule has 3 heterocycles. The summed E-state index contributed by atoms with van der Waals surface area (Å²) in [5.74, 6) is -0.639. The zero-order valence-electron chi connectivity index (χ0n) is 14.4. The highest BCUT2D eigenvalue weighted by atomic mass is 32.1. The van der Waals surface area contributed by atoms with Crippen molar-refractivity contribution in [2.75, 3.05) is 27.7 Å². The van der Waals surface area contributed by atoms with E-state index in [1.807, 2.05) is 6.07 Å². The molecule has 0 aromatic carbocycles. The molecule has 0 radical (unpaired) electrons. The van der Waals surface area contributed by atoms with Crippen LogP contribution in [-0.2, 0) is 22.6 Å². The lowest BCUT2D eigenvalue weighted by Crippen LogP contribution is -2.41. The monoisotopic (exact) mass is 364 g/mol. The van der Waals surface area contributed by atoms with E-state index in [0.29, 0.717) is 24.4 Å². The van der Waals surface area contributed by atoms with Crippen molar-refractivity contribution < 1.29 is 19.2 Å². The van der Waals surface area contributed by atoms with Crippen LogP contribution in [0.25, 0.3) is 0 Å². The first-order valence-electron chi connectivity index (χ1n) is 7.99. The zero-order chi connectivity index (χ0) is 18.3. The normalized spacial score (nSPS) is 20.1. The summed E-state index contributed by atoms with van der Waals surface area (Å²) < 4.78 is 0. The number of amides is 5. The van der Waals surface area contributed by atoms with Crippen molar-refractivity contribution >= 4 is 35.1 Å². The van der Waals surface area contributed by atoms with Gasteiger partial charge in [-0.05, 0) is 18.1 Å². The molecule has 1 saturated heterocycles. The predicted octanol–water partition coefficient (Wildman–Crippen LogP) is 0.275. The van der Waals surface area contributed by atoms with Crippen molar-refractivity contribution in [3.63, 3.8) is 0 Å². The molecule has 0 spiro atoms. The quantitative estimate of drug-likeness (QED) is 0.780. The van der Waals surface area contributed by atoms with Gasteiger partial charge < -0.3 is 15.1 Å². The van der Waals surface area contributed by atoms with Crippen LogP contribution in [0.3, 0.4) is 0 Å². The van der Waals surface area contributed by atoms with E-state index in [1.165, 1.54) is 30.3 Å². The maximum absolute atomic E-state index is 12.6. The smallest absolute Gasteiger partial charge is 0.326 e. The number of urea groups is 1. The Morgan fingerprint density at radius 3 is 2.64 bits per heavy atom. The van der Waals surface area contributed by atoms with E-state index in [0.717, 1.165) is 15.3 Å². The third-order valence-corrected chi connectivity index (χ3v) is 5.95. The lowest BCUT2D eigenvalue weighted by molar-refractivity contribution is -0.137. The van der Waals surface area contributed by atoms with Crippen LogP contribution in [0.2, 0.25) is 0 Å². The lowest BCUT2D eigenvalue weighted by Gasteiger charge is -2.28. The molecule has 0 saturated carbocycles. The molecule has 3 rings (SSSR count). The largest absolute Gasteiger partial charge is 0.354 e. The number of fused-ring (bicyclic) bond motifs is 1. The molecule has 0 unspecified atom stereocenters. The van der Waals surface area contributed by atoms with E-state index in [2.05, 4.69) is 5.32 Å². The number of rotatable bonds is 3. The molecular formula is C16H20N4O4S. The van der Waals surface area contributed by atoms with Crippen molar-refractivity contribution in [2.45, 2.75) is 25.4 Å². The standard InChI is InChI=1S/C16H20N4O4S/c1-17-14(22)12-6-9-8-20(5-4-11(9)25-12)13(21)7-10-15(23)19(3)16(24)18(10)2/h6,10H,4-5,7-8H2,1-3H3,(H,17,22)/t10-/m0/s1. The second-order valence-corrected chi connectivity index (χ2v) is 7.35. The van der Waals surface area contributed by atoms with Gasteiger partial charge in [-0.1, -0.05) is 0 Å². The number of nitrogens with zero attached hydrogens (tertiary/aromatic N) is 3. The maximum Gasteiger partial charge on any atom is 0.326 e. The molecule has 1 N–H and O–H groups in total. The molecule has 134 valence electrons. The molecule has 25 heavy (non-hydrogen) atoms. The van der Waals surface area contributed by atoms with Gasteiger partial charge in [-0.3, -0.25) is 19.3 Å². The van der Waals surface area contributed by atoms with Gasteiger partial charge in [0.2, 0.25) is 5.91 Å². The van der Waals surface area contributed by atoms with Gasteiger partial charge in [-0.2, -0.15) is 0 Å². The number of thiophene rings is 1. The summed E-state index contributed by atoms with van der Waals surface area (Å²) in [7, 11) is 4.54. The molecule has 1 aromatic rings. The zero-order valence-corrected chi connectivity index (χ0v) is 15.2.